The van der Waals surface area contributed by atoms with Crippen molar-refractivity contribution in [1.29, 1.82) is 0 Å². The topological polar surface area (TPSA) is 65.0 Å². The number of ketones is 1. The molecule has 0 radical (unpaired) electrons. The van der Waals surface area contributed by atoms with Crippen LogP contribution in [-0.4, -0.2) is 48.2 Å². The second-order valence-electron chi connectivity index (χ2n) is 10.2. The van der Waals surface area contributed by atoms with Crippen molar-refractivity contribution in [2.24, 2.45) is 22.7 Å². The minimum absolute atomic E-state index is 0.0401. The van der Waals surface area contributed by atoms with Gasteiger partial charge in [0.1, 0.15) is 6.10 Å². The monoisotopic (exact) mass is 366 g/mol. The minimum atomic E-state index is -0.886. The molecule has 2 saturated heterocycles. The van der Waals surface area contributed by atoms with Crippen LogP contribution in [0.25, 0.3) is 0 Å². The van der Waals surface area contributed by atoms with Gasteiger partial charge in [-0.05, 0) is 31.1 Å². The van der Waals surface area contributed by atoms with E-state index in [1.54, 1.807) is 7.11 Å². The first kappa shape index (κ1) is 18.9. The van der Waals surface area contributed by atoms with Gasteiger partial charge in [-0.3, -0.25) is 4.79 Å². The molecule has 0 amide bonds. The van der Waals surface area contributed by atoms with Crippen LogP contribution < -0.4 is 0 Å². The van der Waals surface area contributed by atoms with E-state index in [0.717, 1.165) is 38.5 Å². The molecular weight excluding hydrogens is 332 g/mol. The number of aliphatic hydroxyl groups is 1. The number of hydrogen-bond donors (Lipinski definition) is 1. The average Bonchev–Trinajstić information content (AvgIpc) is 3.16. The number of Topliss-reactive ketones (excluding diaryl/α,β-unsaturated/α-hetero) is 1. The summed E-state index contributed by atoms with van der Waals surface area (Å²) in [6, 6.07) is 0. The molecule has 2 aliphatic heterocycles. The zero-order valence-electron chi connectivity index (χ0n) is 16.8. The molecule has 2 saturated carbocycles. The van der Waals surface area contributed by atoms with Crippen molar-refractivity contribution >= 4 is 5.78 Å². The fraction of sp³-hybridized carbons (Fsp3) is 0.952. The Morgan fingerprint density at radius 2 is 1.88 bits per heavy atom. The summed E-state index contributed by atoms with van der Waals surface area (Å²) in [5.74, 6) is -0.404. The van der Waals surface area contributed by atoms with Crippen LogP contribution in [0, 0.1) is 22.7 Å². The lowest BCUT2D eigenvalue weighted by atomic mass is 9.43. The van der Waals surface area contributed by atoms with Gasteiger partial charge in [-0.15, -0.1) is 0 Å². The van der Waals surface area contributed by atoms with Crippen LogP contribution in [0.5, 0.6) is 0 Å². The fourth-order valence-corrected chi connectivity index (χ4v) is 7.15. The number of carbonyl (C=O) groups is 1. The Labute approximate surface area is 156 Å². The van der Waals surface area contributed by atoms with Crippen molar-refractivity contribution in [3.8, 4) is 0 Å². The molecule has 0 aromatic heterocycles. The number of aliphatic hydroxyl groups excluding tert-OH is 1. The Morgan fingerprint density at radius 1 is 1.15 bits per heavy atom. The van der Waals surface area contributed by atoms with Crippen LogP contribution in [0.3, 0.4) is 0 Å². The van der Waals surface area contributed by atoms with Crippen LogP contribution >= 0.6 is 0 Å². The largest absolute Gasteiger partial charge is 0.385 e. The van der Waals surface area contributed by atoms with Gasteiger partial charge in [0.25, 0.3) is 0 Å². The van der Waals surface area contributed by atoms with Gasteiger partial charge in [0.15, 0.2) is 12.1 Å². The van der Waals surface area contributed by atoms with E-state index in [4.69, 9.17) is 14.2 Å². The Kier molecular flexibility index (Phi) is 4.17. The molecular formula is C21H34O5. The standard InChI is InChI=1S/C21H34O5/c1-13-15(22)16(23)17-18(2,3)7-6-8-19(17,4)21(13)10-9-20(26-21)11-14(24-5)25-12-20/h13-14,16-17,23H,6-12H2,1-5H3/t13-,14-,16-,17+,19+,20+,21-/m1/s1. The van der Waals surface area contributed by atoms with Gasteiger partial charge >= 0.3 is 0 Å². The van der Waals surface area contributed by atoms with Crippen molar-refractivity contribution in [2.75, 3.05) is 13.7 Å². The molecule has 0 aromatic carbocycles. The molecule has 148 valence electrons. The van der Waals surface area contributed by atoms with E-state index in [-0.39, 0.29) is 40.3 Å². The first-order valence-electron chi connectivity index (χ1n) is 10.2. The highest BCUT2D eigenvalue weighted by Gasteiger charge is 2.72. The number of ether oxygens (including phenoxy) is 3. The van der Waals surface area contributed by atoms with Crippen LogP contribution in [0.2, 0.25) is 0 Å². The predicted octanol–water partition coefficient (Wildman–Crippen LogP) is 3.08. The van der Waals surface area contributed by atoms with E-state index in [9.17, 15) is 9.90 Å². The number of rotatable bonds is 1. The van der Waals surface area contributed by atoms with E-state index >= 15 is 0 Å². The molecule has 5 nitrogen and oxygen atoms in total. The Morgan fingerprint density at radius 3 is 2.54 bits per heavy atom. The van der Waals surface area contributed by atoms with Gasteiger partial charge in [0.2, 0.25) is 0 Å². The lowest BCUT2D eigenvalue weighted by Crippen LogP contribution is -2.70. The first-order valence-corrected chi connectivity index (χ1v) is 10.2. The highest BCUT2D eigenvalue weighted by atomic mass is 16.7. The van der Waals surface area contributed by atoms with Crippen LogP contribution in [0.4, 0.5) is 0 Å². The lowest BCUT2D eigenvalue weighted by Gasteiger charge is -2.64. The number of hydrogen-bond acceptors (Lipinski definition) is 5. The molecule has 7 atom stereocenters. The Hall–Kier alpha value is -0.490. The molecule has 2 aliphatic carbocycles. The molecule has 5 heteroatoms. The van der Waals surface area contributed by atoms with Crippen LogP contribution in [0.1, 0.15) is 66.2 Å². The summed E-state index contributed by atoms with van der Waals surface area (Å²) in [6.45, 7) is 9.19. The average molecular weight is 366 g/mol. The zero-order chi connectivity index (χ0) is 19.0. The van der Waals surface area contributed by atoms with Crippen molar-refractivity contribution in [2.45, 2.75) is 89.8 Å². The number of methoxy groups -OCH3 is 1. The summed E-state index contributed by atoms with van der Waals surface area (Å²) < 4.78 is 18.1. The first-order chi connectivity index (χ1) is 12.1. The van der Waals surface area contributed by atoms with Crippen LogP contribution in [-0.2, 0) is 19.0 Å². The van der Waals surface area contributed by atoms with Crippen molar-refractivity contribution in [3.05, 3.63) is 0 Å². The molecule has 2 spiro atoms. The summed E-state index contributed by atoms with van der Waals surface area (Å²) in [5.41, 5.74) is -1.16. The van der Waals surface area contributed by atoms with Crippen molar-refractivity contribution < 1.29 is 24.1 Å². The molecule has 0 aromatic rings. The third-order valence-electron chi connectivity index (χ3n) is 8.43. The Balaban J connectivity index is 1.76. The third-order valence-corrected chi connectivity index (χ3v) is 8.43. The van der Waals surface area contributed by atoms with Crippen molar-refractivity contribution in [1.82, 2.24) is 0 Å². The number of fused-ring (bicyclic) bond motifs is 2. The third kappa shape index (κ3) is 2.27. The van der Waals surface area contributed by atoms with Crippen LogP contribution in [0.15, 0.2) is 0 Å². The maximum atomic E-state index is 13.1. The normalized spacial score (nSPS) is 53.4. The van der Waals surface area contributed by atoms with E-state index in [1.807, 2.05) is 6.92 Å². The Bertz CT molecular complexity index is 603. The molecule has 2 heterocycles. The molecule has 26 heavy (non-hydrogen) atoms. The highest BCUT2D eigenvalue weighted by molar-refractivity contribution is 5.88. The van der Waals surface area contributed by atoms with Gasteiger partial charge in [-0.1, -0.05) is 34.1 Å². The number of carbonyl (C=O) groups excluding carboxylic acids is 1. The fourth-order valence-electron chi connectivity index (χ4n) is 7.15. The minimum Gasteiger partial charge on any atom is -0.385 e. The SMILES string of the molecule is CO[C@H]1C[C@@]2(CC[C@@]3(O2)[C@H](C)C(=O)[C@@H](O)[C@H]2C(C)(C)CCC[C@@]23C)CO1. The molecule has 0 unspecified atom stereocenters. The van der Waals surface area contributed by atoms with Gasteiger partial charge in [-0.25, -0.2) is 0 Å². The van der Waals surface area contributed by atoms with Gasteiger partial charge in [-0.2, -0.15) is 0 Å². The summed E-state index contributed by atoms with van der Waals surface area (Å²) in [7, 11) is 1.67. The lowest BCUT2D eigenvalue weighted by molar-refractivity contribution is -0.257. The molecule has 4 aliphatic rings. The summed E-state index contributed by atoms with van der Waals surface area (Å²) in [6.07, 6.45) is 4.52. The molecule has 4 rings (SSSR count). The second-order valence-corrected chi connectivity index (χ2v) is 10.2. The molecule has 1 N–H and O–H groups in total. The highest BCUT2D eigenvalue weighted by Crippen LogP contribution is 2.67. The smallest absolute Gasteiger partial charge is 0.167 e. The second kappa shape index (κ2) is 5.76. The van der Waals surface area contributed by atoms with Gasteiger partial charge < -0.3 is 19.3 Å². The summed E-state index contributed by atoms with van der Waals surface area (Å²) in [5, 5.41) is 11.0. The van der Waals surface area contributed by atoms with E-state index < -0.39 is 11.7 Å². The van der Waals surface area contributed by atoms with Gasteiger partial charge in [0.05, 0.1) is 17.8 Å². The maximum absolute atomic E-state index is 13.1. The van der Waals surface area contributed by atoms with E-state index in [0.29, 0.717) is 6.61 Å². The molecule has 0 bridgehead atoms. The predicted molar refractivity (Wildman–Crippen MR) is 96.6 cm³/mol. The maximum Gasteiger partial charge on any atom is 0.167 e. The van der Waals surface area contributed by atoms with Gasteiger partial charge in [0, 0.05) is 30.8 Å². The summed E-state index contributed by atoms with van der Waals surface area (Å²) in [4.78, 5) is 13.1. The van der Waals surface area contributed by atoms with Crippen molar-refractivity contribution in [3.63, 3.8) is 0 Å². The quantitative estimate of drug-likeness (QED) is 0.773. The van der Waals surface area contributed by atoms with E-state index in [2.05, 4.69) is 20.8 Å². The zero-order valence-corrected chi connectivity index (χ0v) is 16.8. The molecule has 4 fully saturated rings. The summed E-state index contributed by atoms with van der Waals surface area (Å²) >= 11 is 0. The van der Waals surface area contributed by atoms with E-state index in [1.165, 1.54) is 0 Å².